The van der Waals surface area contributed by atoms with E-state index in [1.165, 1.54) is 6.07 Å². The lowest BCUT2D eigenvalue weighted by Crippen LogP contribution is -2.38. The zero-order valence-corrected chi connectivity index (χ0v) is 11.0. The smallest absolute Gasteiger partial charge is 0.306 e. The molecule has 1 aromatic carbocycles. The molecule has 0 amide bonds. The maximum Gasteiger partial charge on any atom is 0.306 e. The molecule has 0 unspecified atom stereocenters. The van der Waals surface area contributed by atoms with Gasteiger partial charge < -0.3 is 10.2 Å². The molecule has 0 aliphatic carbocycles. The molecule has 0 radical (unpaired) electrons. The van der Waals surface area contributed by atoms with Crippen molar-refractivity contribution in [2.24, 2.45) is 5.92 Å². The Bertz CT molecular complexity index is 460. The Morgan fingerprint density at radius 1 is 1.32 bits per heavy atom. The third-order valence-electron chi connectivity index (χ3n) is 3.36. The first-order valence-electron chi connectivity index (χ1n) is 6.12. The molecular weight excluding hydrogens is 254 g/mol. The zero-order chi connectivity index (χ0) is 14.6. The van der Waals surface area contributed by atoms with Crippen LogP contribution in [0.3, 0.4) is 0 Å². The molecule has 19 heavy (non-hydrogen) atoms. The van der Waals surface area contributed by atoms with Crippen LogP contribution in [0.4, 0.5) is 8.78 Å². The maximum absolute atomic E-state index is 13.0. The zero-order valence-electron chi connectivity index (χ0n) is 11.0. The van der Waals surface area contributed by atoms with Gasteiger partial charge in [-0.2, -0.15) is 0 Å². The fraction of sp³-hybridized carbons (Fsp3) is 0.500. The van der Waals surface area contributed by atoms with Crippen LogP contribution in [0.15, 0.2) is 18.2 Å². The normalized spacial score (nSPS) is 14.4. The molecule has 0 heterocycles. The first kappa shape index (κ1) is 15.6. The molecule has 2 N–H and O–H groups in total. The highest BCUT2D eigenvalue weighted by molar-refractivity contribution is 5.68. The summed E-state index contributed by atoms with van der Waals surface area (Å²) in [5, 5.41) is 19.1. The van der Waals surface area contributed by atoms with Gasteiger partial charge in [0.1, 0.15) is 0 Å². The summed E-state index contributed by atoms with van der Waals surface area (Å²) >= 11 is 0. The number of aliphatic carboxylic acids is 1. The van der Waals surface area contributed by atoms with Crippen LogP contribution >= 0.6 is 0 Å². The lowest BCUT2D eigenvalue weighted by Gasteiger charge is -2.30. The molecule has 0 aliphatic rings. The van der Waals surface area contributed by atoms with Crippen molar-refractivity contribution >= 4 is 5.97 Å². The number of hydrogen-bond donors (Lipinski definition) is 2. The minimum atomic E-state index is -1.35. The molecule has 1 atom stereocenters. The van der Waals surface area contributed by atoms with Crippen LogP contribution in [0, 0.1) is 17.6 Å². The number of benzene rings is 1. The average molecular weight is 272 g/mol. The molecule has 1 aromatic rings. The van der Waals surface area contributed by atoms with Gasteiger partial charge in [0, 0.05) is 0 Å². The number of hydrogen-bond acceptors (Lipinski definition) is 2. The number of aliphatic hydroxyl groups is 1. The predicted molar refractivity (Wildman–Crippen MR) is 66.7 cm³/mol. The summed E-state index contributed by atoms with van der Waals surface area (Å²) in [6, 6.07) is 3.52. The number of halogens is 2. The second-order valence-electron chi connectivity index (χ2n) is 5.08. The highest BCUT2D eigenvalue weighted by Crippen LogP contribution is 2.27. The van der Waals surface area contributed by atoms with E-state index in [1.807, 2.05) is 0 Å². The molecule has 3 nitrogen and oxygen atoms in total. The molecule has 106 valence electrons. The number of carboxylic acid groups (broad SMARTS) is 1. The highest BCUT2D eigenvalue weighted by atomic mass is 19.2. The van der Waals surface area contributed by atoms with Crippen LogP contribution in [0.5, 0.6) is 0 Å². The Morgan fingerprint density at radius 3 is 2.42 bits per heavy atom. The van der Waals surface area contributed by atoms with Crippen molar-refractivity contribution in [3.05, 3.63) is 35.4 Å². The molecule has 0 aliphatic heterocycles. The molecule has 0 bridgehead atoms. The Hall–Kier alpha value is -1.49. The highest BCUT2D eigenvalue weighted by Gasteiger charge is 2.33. The number of rotatable bonds is 6. The van der Waals surface area contributed by atoms with Gasteiger partial charge in [-0.1, -0.05) is 19.9 Å². The van der Waals surface area contributed by atoms with Gasteiger partial charge >= 0.3 is 5.97 Å². The molecule has 0 fully saturated rings. The van der Waals surface area contributed by atoms with Crippen molar-refractivity contribution in [3.8, 4) is 0 Å². The van der Waals surface area contributed by atoms with E-state index in [9.17, 15) is 18.7 Å². The van der Waals surface area contributed by atoms with Crippen molar-refractivity contribution in [2.75, 3.05) is 0 Å². The minimum Gasteiger partial charge on any atom is -0.481 e. The van der Waals surface area contributed by atoms with E-state index < -0.39 is 23.2 Å². The van der Waals surface area contributed by atoms with Crippen LogP contribution in [0.25, 0.3) is 0 Å². The fourth-order valence-corrected chi connectivity index (χ4v) is 1.90. The van der Waals surface area contributed by atoms with Crippen molar-refractivity contribution in [3.63, 3.8) is 0 Å². The van der Waals surface area contributed by atoms with Gasteiger partial charge in [0.2, 0.25) is 0 Å². The van der Waals surface area contributed by atoms with Gasteiger partial charge in [0.15, 0.2) is 11.6 Å². The largest absolute Gasteiger partial charge is 0.481 e. The quantitative estimate of drug-likeness (QED) is 0.837. The van der Waals surface area contributed by atoms with E-state index in [4.69, 9.17) is 5.11 Å². The Morgan fingerprint density at radius 2 is 1.95 bits per heavy atom. The summed E-state index contributed by atoms with van der Waals surface area (Å²) in [5.41, 5.74) is -0.820. The SMILES string of the molecule is CC(C)[C@@](O)(CCc1ccc(F)c(F)c1)CC(=O)O. The Labute approximate surface area is 110 Å². The third-order valence-corrected chi connectivity index (χ3v) is 3.36. The number of carboxylic acids is 1. The number of aryl methyl sites for hydroxylation is 1. The monoisotopic (exact) mass is 272 g/mol. The van der Waals surface area contributed by atoms with Gasteiger partial charge in [-0.25, -0.2) is 8.78 Å². The number of carbonyl (C=O) groups is 1. The van der Waals surface area contributed by atoms with Gasteiger partial charge in [-0.3, -0.25) is 4.79 Å². The average Bonchev–Trinajstić information content (AvgIpc) is 2.29. The van der Waals surface area contributed by atoms with E-state index in [1.54, 1.807) is 13.8 Å². The third kappa shape index (κ3) is 4.28. The van der Waals surface area contributed by atoms with E-state index in [2.05, 4.69) is 0 Å². The molecule has 1 rings (SSSR count). The molecule has 5 heteroatoms. The molecule has 0 saturated carbocycles. The van der Waals surface area contributed by atoms with Gasteiger partial charge in [-0.05, 0) is 36.5 Å². The lowest BCUT2D eigenvalue weighted by atomic mass is 9.82. The fourth-order valence-electron chi connectivity index (χ4n) is 1.90. The predicted octanol–water partition coefficient (Wildman–Crippen LogP) is 2.76. The second-order valence-corrected chi connectivity index (χ2v) is 5.08. The molecular formula is C14H18F2O3. The van der Waals surface area contributed by atoms with Crippen LogP contribution in [0.1, 0.15) is 32.3 Å². The summed E-state index contributed by atoms with van der Waals surface area (Å²) in [7, 11) is 0. The van der Waals surface area contributed by atoms with Gasteiger partial charge in [-0.15, -0.1) is 0 Å². The molecule has 0 spiro atoms. The van der Waals surface area contributed by atoms with Crippen LogP contribution in [0.2, 0.25) is 0 Å². The Kier molecular flexibility index (Phi) is 5.00. The van der Waals surface area contributed by atoms with E-state index in [0.717, 1.165) is 12.1 Å². The lowest BCUT2D eigenvalue weighted by molar-refractivity contribution is -0.145. The summed E-state index contributed by atoms with van der Waals surface area (Å²) in [4.78, 5) is 10.8. The summed E-state index contributed by atoms with van der Waals surface area (Å²) in [5.74, 6) is -3.19. The van der Waals surface area contributed by atoms with E-state index in [0.29, 0.717) is 12.0 Å². The van der Waals surface area contributed by atoms with Crippen molar-refractivity contribution in [1.82, 2.24) is 0 Å². The summed E-state index contributed by atoms with van der Waals surface area (Å²) in [6.45, 7) is 3.46. The summed E-state index contributed by atoms with van der Waals surface area (Å²) < 4.78 is 25.8. The van der Waals surface area contributed by atoms with Gasteiger partial charge in [0.05, 0.1) is 12.0 Å². The first-order valence-corrected chi connectivity index (χ1v) is 6.12. The molecule has 0 aromatic heterocycles. The Balaban J connectivity index is 2.76. The minimum absolute atomic E-state index is 0.183. The topological polar surface area (TPSA) is 57.5 Å². The van der Waals surface area contributed by atoms with Crippen LogP contribution in [-0.4, -0.2) is 21.8 Å². The molecule has 0 saturated heterocycles. The second kappa shape index (κ2) is 6.10. The van der Waals surface area contributed by atoms with E-state index >= 15 is 0 Å². The van der Waals surface area contributed by atoms with Crippen LogP contribution < -0.4 is 0 Å². The summed E-state index contributed by atoms with van der Waals surface area (Å²) in [6.07, 6.45) is 0.107. The van der Waals surface area contributed by atoms with Gasteiger partial charge in [0.25, 0.3) is 0 Å². The first-order chi connectivity index (χ1) is 8.74. The maximum atomic E-state index is 13.0. The standard InChI is InChI=1S/C14H18F2O3/c1-9(2)14(19,8-13(17)18)6-5-10-3-4-11(15)12(16)7-10/h3-4,7,9,19H,5-6,8H2,1-2H3,(H,17,18)/t14-/m1/s1. The van der Waals surface area contributed by atoms with Crippen molar-refractivity contribution in [2.45, 2.75) is 38.7 Å². The van der Waals surface area contributed by atoms with Crippen LogP contribution in [-0.2, 0) is 11.2 Å². The van der Waals surface area contributed by atoms with Crippen molar-refractivity contribution < 1.29 is 23.8 Å². The van der Waals surface area contributed by atoms with E-state index in [-0.39, 0.29) is 18.8 Å². The van der Waals surface area contributed by atoms with Crippen molar-refractivity contribution in [1.29, 1.82) is 0 Å².